The predicted molar refractivity (Wildman–Crippen MR) is 56.8 cm³/mol. The topological polar surface area (TPSA) is 83.7 Å². The molecular formula is C10H6F3N3O3. The Balaban J connectivity index is 2.51. The maximum atomic E-state index is 12.1. The zero-order valence-corrected chi connectivity index (χ0v) is 9.10. The third-order valence-electron chi connectivity index (χ3n) is 2.22. The molecule has 2 aromatic heterocycles. The number of pyridine rings is 1. The standard InChI is InChI=1S/C10H6F3N3O3/c11-10(12,13)9(19)15-7-6(8(17)18)16-4-2-1-3-5(16)14-7/h1-4H,(H,15,19)(H,17,18). The number of hydrogen-bond acceptors (Lipinski definition) is 3. The van der Waals surface area contributed by atoms with Crippen LogP contribution in [0.25, 0.3) is 5.65 Å². The highest BCUT2D eigenvalue weighted by Gasteiger charge is 2.40. The van der Waals surface area contributed by atoms with E-state index in [0.29, 0.717) is 0 Å². The minimum atomic E-state index is -5.12. The molecule has 6 nitrogen and oxygen atoms in total. The van der Waals surface area contributed by atoms with Gasteiger partial charge in [0, 0.05) is 6.20 Å². The number of carboxylic acid groups (broad SMARTS) is 1. The molecule has 0 unspecified atom stereocenters. The molecule has 2 aromatic rings. The van der Waals surface area contributed by atoms with E-state index in [2.05, 4.69) is 4.98 Å². The summed E-state index contributed by atoms with van der Waals surface area (Å²) in [5, 5.41) is 10.4. The van der Waals surface area contributed by atoms with E-state index in [4.69, 9.17) is 5.11 Å². The molecule has 1 amide bonds. The molecule has 0 aliphatic heterocycles. The molecule has 100 valence electrons. The summed E-state index contributed by atoms with van der Waals surface area (Å²) < 4.78 is 37.5. The molecule has 2 rings (SSSR count). The number of amides is 1. The molecule has 0 aromatic carbocycles. The number of carbonyl (C=O) groups is 2. The van der Waals surface area contributed by atoms with Gasteiger partial charge in [-0.1, -0.05) is 6.07 Å². The number of fused-ring (bicyclic) bond motifs is 1. The van der Waals surface area contributed by atoms with E-state index >= 15 is 0 Å². The lowest BCUT2D eigenvalue weighted by molar-refractivity contribution is -0.167. The minimum absolute atomic E-state index is 0.109. The molecule has 0 radical (unpaired) electrons. The molecule has 0 bridgehead atoms. The van der Waals surface area contributed by atoms with Crippen LogP contribution in [0, 0.1) is 0 Å². The van der Waals surface area contributed by atoms with Crippen molar-refractivity contribution < 1.29 is 27.9 Å². The van der Waals surface area contributed by atoms with E-state index in [9.17, 15) is 22.8 Å². The number of nitrogens with zero attached hydrogens (tertiary/aromatic N) is 2. The molecular weight excluding hydrogens is 267 g/mol. The van der Waals surface area contributed by atoms with Crippen molar-refractivity contribution >= 4 is 23.3 Å². The molecule has 9 heteroatoms. The summed E-state index contributed by atoms with van der Waals surface area (Å²) in [5.74, 6) is -4.43. The summed E-state index contributed by atoms with van der Waals surface area (Å²) in [4.78, 5) is 25.5. The third kappa shape index (κ3) is 2.34. The van der Waals surface area contributed by atoms with Crippen molar-refractivity contribution in [3.05, 3.63) is 30.1 Å². The number of hydrogen-bond donors (Lipinski definition) is 2. The highest BCUT2D eigenvalue weighted by Crippen LogP contribution is 2.21. The minimum Gasteiger partial charge on any atom is -0.476 e. The summed E-state index contributed by atoms with van der Waals surface area (Å²) in [7, 11) is 0. The van der Waals surface area contributed by atoms with Gasteiger partial charge in [0.15, 0.2) is 11.5 Å². The first-order valence-electron chi connectivity index (χ1n) is 4.89. The number of rotatable bonds is 2. The van der Waals surface area contributed by atoms with Crippen molar-refractivity contribution in [2.45, 2.75) is 6.18 Å². The largest absolute Gasteiger partial charge is 0.476 e. The van der Waals surface area contributed by atoms with Gasteiger partial charge in [0.2, 0.25) is 0 Å². The summed E-state index contributed by atoms with van der Waals surface area (Å²) in [5.41, 5.74) is -0.439. The van der Waals surface area contributed by atoms with E-state index in [1.807, 2.05) is 0 Å². The summed E-state index contributed by atoms with van der Waals surface area (Å²) in [6.45, 7) is 0. The Hall–Kier alpha value is -2.58. The number of imidazole rings is 1. The maximum absolute atomic E-state index is 12.1. The van der Waals surface area contributed by atoms with Crippen molar-refractivity contribution in [2.24, 2.45) is 0 Å². The van der Waals surface area contributed by atoms with Gasteiger partial charge in [-0.25, -0.2) is 9.78 Å². The predicted octanol–water partition coefficient (Wildman–Crippen LogP) is 1.53. The van der Waals surface area contributed by atoms with Gasteiger partial charge in [-0.05, 0) is 12.1 Å². The maximum Gasteiger partial charge on any atom is 0.471 e. The van der Waals surface area contributed by atoms with E-state index in [1.165, 1.54) is 29.7 Å². The number of carbonyl (C=O) groups excluding carboxylic acids is 1. The quantitative estimate of drug-likeness (QED) is 0.869. The van der Waals surface area contributed by atoms with Gasteiger partial charge < -0.3 is 10.4 Å². The Bertz CT molecular complexity index is 663. The second kappa shape index (κ2) is 4.26. The molecule has 0 spiro atoms. The number of alkyl halides is 3. The fraction of sp³-hybridized carbons (Fsp3) is 0.100. The first-order valence-corrected chi connectivity index (χ1v) is 4.89. The summed E-state index contributed by atoms with van der Waals surface area (Å²) in [6, 6.07) is 4.41. The second-order valence-corrected chi connectivity index (χ2v) is 3.49. The molecule has 0 saturated heterocycles. The van der Waals surface area contributed by atoms with Crippen LogP contribution in [-0.2, 0) is 4.79 Å². The van der Waals surface area contributed by atoms with Crippen LogP contribution < -0.4 is 5.32 Å². The Morgan fingerprint density at radius 2 is 2.00 bits per heavy atom. The van der Waals surface area contributed by atoms with Gasteiger partial charge in [-0.15, -0.1) is 0 Å². The first-order chi connectivity index (χ1) is 8.80. The summed E-state index contributed by atoms with van der Waals surface area (Å²) >= 11 is 0. The third-order valence-corrected chi connectivity index (χ3v) is 2.22. The fourth-order valence-corrected chi connectivity index (χ4v) is 1.47. The number of anilines is 1. The Kier molecular flexibility index (Phi) is 2.89. The SMILES string of the molecule is O=C(O)c1c(NC(=O)C(F)(F)F)nc2ccccn12. The first kappa shape index (κ1) is 12.9. The van der Waals surface area contributed by atoms with Crippen molar-refractivity contribution in [3.63, 3.8) is 0 Å². The highest BCUT2D eigenvalue weighted by molar-refractivity contribution is 6.01. The van der Waals surface area contributed by atoms with E-state index < -0.39 is 29.6 Å². The van der Waals surface area contributed by atoms with Gasteiger partial charge in [-0.2, -0.15) is 13.2 Å². The van der Waals surface area contributed by atoms with Crippen LogP contribution in [0.15, 0.2) is 24.4 Å². The van der Waals surface area contributed by atoms with Crippen molar-refractivity contribution in [3.8, 4) is 0 Å². The number of carboxylic acids is 1. The van der Waals surface area contributed by atoms with Crippen LogP contribution in [-0.4, -0.2) is 32.5 Å². The molecule has 0 fully saturated rings. The van der Waals surface area contributed by atoms with E-state index in [-0.39, 0.29) is 5.65 Å². The summed E-state index contributed by atoms with van der Waals surface area (Å²) in [6.07, 6.45) is -3.80. The van der Waals surface area contributed by atoms with Gasteiger partial charge in [0.05, 0.1) is 0 Å². The van der Waals surface area contributed by atoms with Gasteiger partial charge in [0.1, 0.15) is 5.65 Å². The monoisotopic (exact) mass is 273 g/mol. The number of aromatic carboxylic acids is 1. The molecule has 0 atom stereocenters. The lowest BCUT2D eigenvalue weighted by Crippen LogP contribution is -2.30. The second-order valence-electron chi connectivity index (χ2n) is 3.49. The molecule has 0 saturated carbocycles. The molecule has 0 aliphatic carbocycles. The highest BCUT2D eigenvalue weighted by atomic mass is 19.4. The Morgan fingerprint density at radius 3 is 2.58 bits per heavy atom. The van der Waals surface area contributed by atoms with Crippen LogP contribution in [0.3, 0.4) is 0 Å². The Labute approximate surface area is 103 Å². The van der Waals surface area contributed by atoms with Gasteiger partial charge in [0.25, 0.3) is 0 Å². The zero-order valence-electron chi connectivity index (χ0n) is 9.10. The van der Waals surface area contributed by atoms with Crippen LogP contribution in [0.5, 0.6) is 0 Å². The molecule has 2 heterocycles. The van der Waals surface area contributed by atoms with E-state index in [1.54, 1.807) is 0 Å². The fourth-order valence-electron chi connectivity index (χ4n) is 1.47. The lowest BCUT2D eigenvalue weighted by Gasteiger charge is -2.06. The molecule has 19 heavy (non-hydrogen) atoms. The number of nitrogens with one attached hydrogen (secondary N) is 1. The number of halogens is 3. The lowest BCUT2D eigenvalue weighted by atomic mass is 10.4. The normalized spacial score (nSPS) is 11.5. The van der Waals surface area contributed by atoms with Crippen molar-refractivity contribution in [1.82, 2.24) is 9.38 Å². The van der Waals surface area contributed by atoms with Crippen molar-refractivity contribution in [2.75, 3.05) is 5.32 Å². The average molecular weight is 273 g/mol. The van der Waals surface area contributed by atoms with Crippen molar-refractivity contribution in [1.29, 1.82) is 0 Å². The average Bonchev–Trinajstić information content (AvgIpc) is 2.65. The Morgan fingerprint density at radius 1 is 1.32 bits per heavy atom. The van der Waals surface area contributed by atoms with Crippen LogP contribution in [0.1, 0.15) is 10.5 Å². The van der Waals surface area contributed by atoms with Gasteiger partial charge in [-0.3, -0.25) is 9.20 Å². The van der Waals surface area contributed by atoms with Crippen LogP contribution in [0.4, 0.5) is 19.0 Å². The smallest absolute Gasteiger partial charge is 0.471 e. The van der Waals surface area contributed by atoms with Crippen LogP contribution in [0.2, 0.25) is 0 Å². The van der Waals surface area contributed by atoms with Crippen LogP contribution >= 0.6 is 0 Å². The van der Waals surface area contributed by atoms with Gasteiger partial charge >= 0.3 is 18.1 Å². The molecule has 0 aliphatic rings. The number of aromatic nitrogens is 2. The van der Waals surface area contributed by atoms with E-state index in [0.717, 1.165) is 4.40 Å². The molecule has 2 N–H and O–H groups in total. The zero-order chi connectivity index (χ0) is 14.2.